The number of primary amides is 1. The lowest BCUT2D eigenvalue weighted by molar-refractivity contribution is -0.117. The molecule has 0 radical (unpaired) electrons. The van der Waals surface area contributed by atoms with Crippen LogP contribution in [0.4, 0.5) is 11.4 Å². The summed E-state index contributed by atoms with van der Waals surface area (Å²) >= 11 is 0. The first-order valence-corrected chi connectivity index (χ1v) is 11.8. The van der Waals surface area contributed by atoms with Crippen LogP contribution in [0.15, 0.2) is 77.7 Å². The van der Waals surface area contributed by atoms with Gasteiger partial charge in [0.15, 0.2) is 0 Å². The van der Waals surface area contributed by atoms with Crippen molar-refractivity contribution in [2.24, 2.45) is 5.73 Å². The molecule has 0 saturated heterocycles. The molecule has 0 bridgehead atoms. The first kappa shape index (κ1) is 25.2. The minimum Gasteiger partial charge on any atom is -0.497 e. The van der Waals surface area contributed by atoms with Crippen LogP contribution < -0.4 is 25.4 Å². The Labute approximate surface area is 202 Å². The number of methoxy groups -OCH3 is 1. The van der Waals surface area contributed by atoms with Crippen molar-refractivity contribution < 1.29 is 27.5 Å². The molecule has 0 heterocycles. The van der Waals surface area contributed by atoms with Crippen molar-refractivity contribution in [3.8, 4) is 5.75 Å². The molecule has 35 heavy (non-hydrogen) atoms. The van der Waals surface area contributed by atoms with Crippen LogP contribution in [0.3, 0.4) is 0 Å². The summed E-state index contributed by atoms with van der Waals surface area (Å²) in [6, 6.07) is 18.2. The molecule has 11 heteroatoms. The standard InChI is InChI=1S/C24H24N4O6S/c1-28(19-9-11-20(34-2)12-10-19)35(32,33)21-8-4-6-17(14-21)24(31)27-18-7-3-5-16(13-18)23(30)26-15-22(25)29/h3-14H,15H2,1-2H3,(H2,25,29)(H,26,30)(H,27,31). The average Bonchev–Trinajstić information content (AvgIpc) is 2.87. The van der Waals surface area contributed by atoms with Crippen molar-refractivity contribution in [3.05, 3.63) is 83.9 Å². The van der Waals surface area contributed by atoms with Crippen LogP contribution in [-0.2, 0) is 14.8 Å². The van der Waals surface area contributed by atoms with E-state index in [1.807, 2.05) is 0 Å². The van der Waals surface area contributed by atoms with Gasteiger partial charge in [-0.25, -0.2) is 8.42 Å². The Hall–Kier alpha value is -4.38. The SMILES string of the molecule is COc1ccc(N(C)S(=O)(=O)c2cccc(C(=O)Nc3cccc(C(=O)NCC(N)=O)c3)c2)cc1. The van der Waals surface area contributed by atoms with E-state index in [1.165, 1.54) is 50.6 Å². The maximum absolute atomic E-state index is 13.1. The van der Waals surface area contributed by atoms with E-state index in [0.29, 0.717) is 17.1 Å². The number of sulfonamides is 1. The zero-order chi connectivity index (χ0) is 25.6. The maximum atomic E-state index is 13.1. The molecule has 4 N–H and O–H groups in total. The van der Waals surface area contributed by atoms with Crippen LogP contribution in [-0.4, -0.2) is 46.8 Å². The summed E-state index contributed by atoms with van der Waals surface area (Å²) in [4.78, 5) is 35.7. The molecule has 0 saturated carbocycles. The molecular weight excluding hydrogens is 472 g/mol. The fraction of sp³-hybridized carbons (Fsp3) is 0.125. The Kier molecular flexibility index (Phi) is 7.72. The fourth-order valence-corrected chi connectivity index (χ4v) is 4.34. The van der Waals surface area contributed by atoms with Gasteiger partial charge in [-0.2, -0.15) is 0 Å². The van der Waals surface area contributed by atoms with Crippen molar-refractivity contribution in [3.63, 3.8) is 0 Å². The van der Waals surface area contributed by atoms with E-state index in [9.17, 15) is 22.8 Å². The minimum atomic E-state index is -3.95. The third-order valence-corrected chi connectivity index (χ3v) is 6.78. The third kappa shape index (κ3) is 6.15. The highest BCUT2D eigenvalue weighted by Crippen LogP contribution is 2.25. The molecule has 3 rings (SSSR count). The van der Waals surface area contributed by atoms with Crippen molar-refractivity contribution in [1.82, 2.24) is 5.32 Å². The second-order valence-electron chi connectivity index (χ2n) is 7.38. The molecule has 3 aromatic carbocycles. The zero-order valence-electron chi connectivity index (χ0n) is 19.0. The van der Waals surface area contributed by atoms with Crippen molar-refractivity contribution in [2.75, 3.05) is 30.3 Å². The average molecular weight is 497 g/mol. The highest BCUT2D eigenvalue weighted by molar-refractivity contribution is 7.92. The van der Waals surface area contributed by atoms with E-state index in [4.69, 9.17) is 10.5 Å². The van der Waals surface area contributed by atoms with Gasteiger partial charge in [-0.05, 0) is 60.7 Å². The first-order valence-electron chi connectivity index (χ1n) is 10.3. The van der Waals surface area contributed by atoms with Gasteiger partial charge in [0.1, 0.15) is 5.75 Å². The molecule has 3 amide bonds. The molecule has 10 nitrogen and oxygen atoms in total. The zero-order valence-corrected chi connectivity index (χ0v) is 19.8. The van der Waals surface area contributed by atoms with Gasteiger partial charge in [-0.1, -0.05) is 12.1 Å². The number of ether oxygens (including phenoxy) is 1. The van der Waals surface area contributed by atoms with Crippen molar-refractivity contribution in [1.29, 1.82) is 0 Å². The smallest absolute Gasteiger partial charge is 0.264 e. The second-order valence-corrected chi connectivity index (χ2v) is 9.35. The molecular formula is C24H24N4O6S. The van der Waals surface area contributed by atoms with Gasteiger partial charge in [0.2, 0.25) is 5.91 Å². The number of rotatable bonds is 9. The Morgan fingerprint density at radius 3 is 2.17 bits per heavy atom. The summed E-state index contributed by atoms with van der Waals surface area (Å²) in [5, 5.41) is 5.00. The van der Waals surface area contributed by atoms with E-state index in [1.54, 1.807) is 36.4 Å². The number of hydrogen-bond donors (Lipinski definition) is 3. The van der Waals surface area contributed by atoms with E-state index < -0.39 is 27.7 Å². The van der Waals surface area contributed by atoms with Crippen LogP contribution in [0, 0.1) is 0 Å². The van der Waals surface area contributed by atoms with Crippen LogP contribution >= 0.6 is 0 Å². The number of carbonyl (C=O) groups is 3. The van der Waals surface area contributed by atoms with Crippen LogP contribution in [0.2, 0.25) is 0 Å². The molecule has 0 aliphatic carbocycles. The Morgan fingerprint density at radius 2 is 1.54 bits per heavy atom. The van der Waals surface area contributed by atoms with Gasteiger partial charge in [0.05, 0.1) is 24.2 Å². The van der Waals surface area contributed by atoms with Crippen molar-refractivity contribution >= 4 is 39.1 Å². The summed E-state index contributed by atoms with van der Waals surface area (Å²) < 4.78 is 32.5. The van der Waals surface area contributed by atoms with Crippen LogP contribution in [0.1, 0.15) is 20.7 Å². The molecule has 0 aromatic heterocycles. The molecule has 0 atom stereocenters. The van der Waals surface area contributed by atoms with Gasteiger partial charge in [0, 0.05) is 23.9 Å². The van der Waals surface area contributed by atoms with E-state index in [2.05, 4.69) is 10.6 Å². The lowest BCUT2D eigenvalue weighted by Crippen LogP contribution is -2.33. The van der Waals surface area contributed by atoms with Gasteiger partial charge in [-0.3, -0.25) is 18.7 Å². The number of amides is 3. The summed E-state index contributed by atoms with van der Waals surface area (Å²) in [5.41, 5.74) is 6.08. The quantitative estimate of drug-likeness (QED) is 0.413. The minimum absolute atomic E-state index is 0.0666. The highest BCUT2D eigenvalue weighted by atomic mass is 32.2. The lowest BCUT2D eigenvalue weighted by Gasteiger charge is -2.20. The molecule has 0 spiro atoms. The number of hydrogen-bond acceptors (Lipinski definition) is 6. The Balaban J connectivity index is 1.78. The molecule has 0 aliphatic rings. The molecule has 0 unspecified atom stereocenters. The normalized spacial score (nSPS) is 10.8. The summed E-state index contributed by atoms with van der Waals surface area (Å²) in [5.74, 6) is -1.19. The number of carbonyl (C=O) groups excluding carboxylic acids is 3. The number of nitrogens with two attached hydrogens (primary N) is 1. The van der Waals surface area contributed by atoms with E-state index in [0.717, 1.165) is 4.31 Å². The predicted molar refractivity (Wildman–Crippen MR) is 131 cm³/mol. The Morgan fingerprint density at radius 1 is 0.914 bits per heavy atom. The van der Waals surface area contributed by atoms with E-state index in [-0.39, 0.29) is 22.6 Å². The molecule has 0 aliphatic heterocycles. The first-order chi connectivity index (χ1) is 16.6. The van der Waals surface area contributed by atoms with Gasteiger partial charge in [0.25, 0.3) is 21.8 Å². The van der Waals surface area contributed by atoms with E-state index >= 15 is 0 Å². The lowest BCUT2D eigenvalue weighted by atomic mass is 10.1. The number of nitrogens with one attached hydrogen (secondary N) is 2. The highest BCUT2D eigenvalue weighted by Gasteiger charge is 2.22. The maximum Gasteiger partial charge on any atom is 0.264 e. The van der Waals surface area contributed by atoms with Gasteiger partial charge >= 0.3 is 0 Å². The second kappa shape index (κ2) is 10.7. The predicted octanol–water partition coefficient (Wildman–Crippen LogP) is 1.99. The molecule has 182 valence electrons. The third-order valence-electron chi connectivity index (χ3n) is 5.00. The van der Waals surface area contributed by atoms with Crippen LogP contribution in [0.25, 0.3) is 0 Å². The monoisotopic (exact) mass is 496 g/mol. The summed E-state index contributed by atoms with van der Waals surface area (Å²) in [6.45, 7) is -0.318. The molecule has 3 aromatic rings. The summed E-state index contributed by atoms with van der Waals surface area (Å²) in [7, 11) is -1.02. The number of nitrogens with zero attached hydrogens (tertiary/aromatic N) is 1. The molecule has 0 fully saturated rings. The Bertz CT molecular complexity index is 1360. The number of anilines is 2. The fourth-order valence-electron chi connectivity index (χ4n) is 3.10. The van der Waals surface area contributed by atoms with Gasteiger partial charge < -0.3 is 21.1 Å². The summed E-state index contributed by atoms with van der Waals surface area (Å²) in [6.07, 6.45) is 0. The largest absolute Gasteiger partial charge is 0.497 e. The number of benzene rings is 3. The van der Waals surface area contributed by atoms with Gasteiger partial charge in [-0.15, -0.1) is 0 Å². The van der Waals surface area contributed by atoms with Crippen molar-refractivity contribution in [2.45, 2.75) is 4.90 Å². The van der Waals surface area contributed by atoms with Crippen LogP contribution in [0.5, 0.6) is 5.75 Å². The topological polar surface area (TPSA) is 148 Å².